The maximum absolute atomic E-state index is 12.7. The van der Waals surface area contributed by atoms with Crippen LogP contribution in [0.5, 0.6) is 0 Å². The summed E-state index contributed by atoms with van der Waals surface area (Å²) in [5.41, 5.74) is 8.91. The van der Waals surface area contributed by atoms with Gasteiger partial charge in [-0.25, -0.2) is 0 Å². The van der Waals surface area contributed by atoms with Crippen LogP contribution in [0.1, 0.15) is 63.5 Å². The number of rotatable bonds is 3. The number of carbonyl (C=O) groups excluding carboxylic acids is 1. The Morgan fingerprint density at radius 1 is 1.43 bits per heavy atom. The zero-order chi connectivity index (χ0) is 15.6. The highest BCUT2D eigenvalue weighted by Crippen LogP contribution is 2.33. The van der Waals surface area contributed by atoms with Gasteiger partial charge in [0, 0.05) is 5.69 Å². The number of anilines is 1. The van der Waals surface area contributed by atoms with Crippen molar-refractivity contribution in [1.29, 1.82) is 0 Å². The molecule has 0 bridgehead atoms. The first kappa shape index (κ1) is 16.0. The summed E-state index contributed by atoms with van der Waals surface area (Å²) in [6.07, 6.45) is 3.78. The van der Waals surface area contributed by atoms with E-state index in [0.29, 0.717) is 11.8 Å². The molecule has 2 atom stereocenters. The summed E-state index contributed by atoms with van der Waals surface area (Å²) in [4.78, 5) is 12.7. The number of carbonyl (C=O) groups is 1. The molecule has 116 valence electrons. The Balaban J connectivity index is 2.24. The minimum Gasteiger partial charge on any atom is -0.324 e. The van der Waals surface area contributed by atoms with E-state index in [-0.39, 0.29) is 5.91 Å². The quantitative estimate of drug-likeness (QED) is 0.884. The monoisotopic (exact) mass is 288 g/mol. The molecule has 1 fully saturated rings. The van der Waals surface area contributed by atoms with Crippen LogP contribution in [0.4, 0.5) is 5.69 Å². The van der Waals surface area contributed by atoms with Gasteiger partial charge in [0.05, 0.1) is 5.54 Å². The Hall–Kier alpha value is -1.35. The molecule has 1 aromatic rings. The third kappa shape index (κ3) is 3.46. The first-order valence-electron chi connectivity index (χ1n) is 8.03. The van der Waals surface area contributed by atoms with Crippen molar-refractivity contribution in [3.8, 4) is 0 Å². The normalized spacial score (nSPS) is 25.9. The van der Waals surface area contributed by atoms with E-state index < -0.39 is 5.54 Å². The van der Waals surface area contributed by atoms with Gasteiger partial charge in [-0.2, -0.15) is 0 Å². The van der Waals surface area contributed by atoms with Crippen LogP contribution >= 0.6 is 0 Å². The van der Waals surface area contributed by atoms with E-state index in [0.717, 1.165) is 30.5 Å². The zero-order valence-corrected chi connectivity index (χ0v) is 13.7. The van der Waals surface area contributed by atoms with E-state index in [1.165, 1.54) is 12.0 Å². The van der Waals surface area contributed by atoms with E-state index in [1.54, 1.807) is 0 Å². The smallest absolute Gasteiger partial charge is 0.244 e. The summed E-state index contributed by atoms with van der Waals surface area (Å²) in [7, 11) is 0. The van der Waals surface area contributed by atoms with Gasteiger partial charge in [-0.15, -0.1) is 0 Å². The number of benzene rings is 1. The first-order chi connectivity index (χ1) is 9.83. The van der Waals surface area contributed by atoms with Gasteiger partial charge in [0.25, 0.3) is 0 Å². The molecule has 3 nitrogen and oxygen atoms in total. The maximum Gasteiger partial charge on any atom is 0.244 e. The topological polar surface area (TPSA) is 55.1 Å². The molecule has 2 unspecified atom stereocenters. The molecule has 0 saturated heterocycles. The molecular formula is C18H28N2O. The Bertz CT molecular complexity index is 524. The molecule has 0 aliphatic heterocycles. The number of aryl methyl sites for hydroxylation is 1. The van der Waals surface area contributed by atoms with Crippen LogP contribution in [0, 0.1) is 12.8 Å². The van der Waals surface area contributed by atoms with E-state index in [9.17, 15) is 4.79 Å². The molecule has 1 amide bonds. The number of amides is 1. The maximum atomic E-state index is 12.7. The Morgan fingerprint density at radius 2 is 2.14 bits per heavy atom. The average molecular weight is 288 g/mol. The lowest BCUT2D eigenvalue weighted by Gasteiger charge is -2.35. The minimum atomic E-state index is -0.714. The van der Waals surface area contributed by atoms with Crippen molar-refractivity contribution in [3.63, 3.8) is 0 Å². The summed E-state index contributed by atoms with van der Waals surface area (Å²) in [5.74, 6) is 0.875. The molecule has 21 heavy (non-hydrogen) atoms. The lowest BCUT2D eigenvalue weighted by molar-refractivity contribution is -0.122. The van der Waals surface area contributed by atoms with Gasteiger partial charge >= 0.3 is 0 Å². The van der Waals surface area contributed by atoms with Gasteiger partial charge in [0.15, 0.2) is 0 Å². The highest BCUT2D eigenvalue weighted by Gasteiger charge is 2.38. The number of para-hydroxylation sites is 1. The average Bonchev–Trinajstić information content (AvgIpc) is 2.40. The van der Waals surface area contributed by atoms with Gasteiger partial charge in [0.2, 0.25) is 5.91 Å². The molecule has 2 rings (SSSR count). The number of nitrogens with two attached hydrogens (primary N) is 1. The highest BCUT2D eigenvalue weighted by molar-refractivity contribution is 5.99. The van der Waals surface area contributed by atoms with Crippen LogP contribution in [0.2, 0.25) is 0 Å². The highest BCUT2D eigenvalue weighted by atomic mass is 16.2. The number of hydrogen-bond donors (Lipinski definition) is 2. The Kier molecular flexibility index (Phi) is 4.72. The van der Waals surface area contributed by atoms with Crippen LogP contribution in [0.25, 0.3) is 0 Å². The summed E-state index contributed by atoms with van der Waals surface area (Å²) >= 11 is 0. The Morgan fingerprint density at radius 3 is 2.76 bits per heavy atom. The molecule has 1 aliphatic rings. The van der Waals surface area contributed by atoms with E-state index in [2.05, 4.69) is 32.2 Å². The second kappa shape index (κ2) is 6.18. The molecule has 1 aliphatic carbocycles. The van der Waals surface area contributed by atoms with Crippen molar-refractivity contribution in [2.24, 2.45) is 11.7 Å². The van der Waals surface area contributed by atoms with Gasteiger partial charge in [-0.1, -0.05) is 51.8 Å². The summed E-state index contributed by atoms with van der Waals surface area (Å²) < 4.78 is 0. The summed E-state index contributed by atoms with van der Waals surface area (Å²) in [6, 6.07) is 6.16. The fourth-order valence-electron chi connectivity index (χ4n) is 3.38. The zero-order valence-electron chi connectivity index (χ0n) is 13.7. The predicted molar refractivity (Wildman–Crippen MR) is 88.4 cm³/mol. The second-order valence-electron chi connectivity index (χ2n) is 7.01. The first-order valence-corrected chi connectivity index (χ1v) is 8.03. The summed E-state index contributed by atoms with van der Waals surface area (Å²) in [6.45, 7) is 8.51. The second-order valence-corrected chi connectivity index (χ2v) is 7.01. The van der Waals surface area contributed by atoms with Gasteiger partial charge < -0.3 is 11.1 Å². The van der Waals surface area contributed by atoms with Gasteiger partial charge in [-0.3, -0.25) is 4.79 Å². The molecule has 0 spiro atoms. The van der Waals surface area contributed by atoms with Crippen molar-refractivity contribution in [1.82, 2.24) is 0 Å². The van der Waals surface area contributed by atoms with Gasteiger partial charge in [0.1, 0.15) is 0 Å². The van der Waals surface area contributed by atoms with Crippen molar-refractivity contribution in [2.75, 3.05) is 5.32 Å². The van der Waals surface area contributed by atoms with Gasteiger partial charge in [-0.05, 0) is 42.7 Å². The minimum absolute atomic E-state index is 0.0229. The number of nitrogens with one attached hydrogen (secondary N) is 1. The molecule has 1 aromatic carbocycles. The van der Waals surface area contributed by atoms with Crippen LogP contribution in [-0.4, -0.2) is 11.4 Å². The van der Waals surface area contributed by atoms with Crippen LogP contribution in [-0.2, 0) is 4.79 Å². The van der Waals surface area contributed by atoms with Crippen LogP contribution in [0.15, 0.2) is 18.2 Å². The molecule has 3 N–H and O–H groups in total. The molecule has 3 heteroatoms. The van der Waals surface area contributed by atoms with Crippen LogP contribution in [0.3, 0.4) is 0 Å². The Labute approximate surface area is 128 Å². The standard InChI is InChI=1S/C18H28N2O/c1-12(2)15-9-5-8-14(4)16(15)20-17(21)18(19)10-6-7-13(3)11-18/h5,8-9,12-13H,6-7,10-11,19H2,1-4H3,(H,20,21). The largest absolute Gasteiger partial charge is 0.324 e. The van der Waals surface area contributed by atoms with Crippen molar-refractivity contribution in [2.45, 2.75) is 64.8 Å². The lowest BCUT2D eigenvalue weighted by atomic mass is 9.76. The lowest BCUT2D eigenvalue weighted by Crippen LogP contribution is -2.53. The molecule has 0 aromatic heterocycles. The SMILES string of the molecule is Cc1cccc(C(C)C)c1NC(=O)C1(N)CCCC(C)C1. The van der Waals surface area contributed by atoms with E-state index >= 15 is 0 Å². The summed E-state index contributed by atoms with van der Waals surface area (Å²) in [5, 5.41) is 3.13. The van der Waals surface area contributed by atoms with Crippen molar-refractivity contribution < 1.29 is 4.79 Å². The van der Waals surface area contributed by atoms with E-state index in [4.69, 9.17) is 5.73 Å². The molecule has 0 heterocycles. The number of hydrogen-bond acceptors (Lipinski definition) is 2. The third-order valence-corrected chi connectivity index (χ3v) is 4.65. The van der Waals surface area contributed by atoms with Crippen molar-refractivity contribution in [3.05, 3.63) is 29.3 Å². The van der Waals surface area contributed by atoms with Crippen LogP contribution < -0.4 is 11.1 Å². The molecular weight excluding hydrogens is 260 g/mol. The third-order valence-electron chi connectivity index (χ3n) is 4.65. The van der Waals surface area contributed by atoms with E-state index in [1.807, 2.05) is 19.1 Å². The predicted octanol–water partition coefficient (Wildman–Crippen LogP) is 3.96. The van der Waals surface area contributed by atoms with Crippen molar-refractivity contribution >= 4 is 11.6 Å². The molecule has 0 radical (unpaired) electrons. The fourth-order valence-corrected chi connectivity index (χ4v) is 3.38. The fraction of sp³-hybridized carbons (Fsp3) is 0.611. The molecule has 1 saturated carbocycles.